The summed E-state index contributed by atoms with van der Waals surface area (Å²) in [7, 11) is 0. The number of ether oxygens (including phenoxy) is 2. The van der Waals surface area contributed by atoms with Gasteiger partial charge in [0, 0.05) is 19.6 Å². The van der Waals surface area contributed by atoms with Gasteiger partial charge in [-0.15, -0.1) is 5.10 Å². The van der Waals surface area contributed by atoms with Crippen LogP contribution >= 0.6 is 0 Å². The molecule has 11 heteroatoms. The Bertz CT molecular complexity index is 653. The summed E-state index contributed by atoms with van der Waals surface area (Å²) >= 11 is 0. The summed E-state index contributed by atoms with van der Waals surface area (Å²) in [6.45, 7) is 0.621. The van der Waals surface area contributed by atoms with Crippen molar-refractivity contribution in [2.75, 3.05) is 39.5 Å². The Morgan fingerprint density at radius 2 is 2.22 bits per heavy atom. The van der Waals surface area contributed by atoms with Gasteiger partial charge in [-0.3, -0.25) is 14.3 Å². The van der Waals surface area contributed by atoms with Crippen LogP contribution in [0, 0.1) is 5.92 Å². The van der Waals surface area contributed by atoms with Crippen LogP contribution in [0.2, 0.25) is 0 Å². The van der Waals surface area contributed by atoms with E-state index in [1.165, 1.54) is 17.7 Å². The molecule has 2 amide bonds. The van der Waals surface area contributed by atoms with Gasteiger partial charge in [-0.25, -0.2) is 8.78 Å². The van der Waals surface area contributed by atoms with Crippen LogP contribution in [0.4, 0.5) is 8.78 Å². The molecule has 1 N–H and O–H groups in total. The molecule has 27 heavy (non-hydrogen) atoms. The van der Waals surface area contributed by atoms with Crippen molar-refractivity contribution in [3.8, 4) is 0 Å². The van der Waals surface area contributed by atoms with E-state index in [1.807, 2.05) is 0 Å². The average molecular weight is 387 g/mol. The molecule has 1 atom stereocenters. The quantitative estimate of drug-likeness (QED) is 0.637. The van der Waals surface area contributed by atoms with Gasteiger partial charge in [-0.1, -0.05) is 5.21 Å². The number of aromatic nitrogens is 3. The highest BCUT2D eigenvalue weighted by atomic mass is 19.3. The van der Waals surface area contributed by atoms with Gasteiger partial charge in [-0.2, -0.15) is 0 Å². The molecule has 2 heterocycles. The van der Waals surface area contributed by atoms with Crippen molar-refractivity contribution in [3.05, 3.63) is 11.9 Å². The molecule has 0 bridgehead atoms. The summed E-state index contributed by atoms with van der Waals surface area (Å²) < 4.78 is 36.0. The van der Waals surface area contributed by atoms with E-state index in [4.69, 9.17) is 9.47 Å². The molecule has 0 radical (unpaired) electrons. The van der Waals surface area contributed by atoms with Gasteiger partial charge < -0.3 is 19.7 Å². The topological polar surface area (TPSA) is 98.6 Å². The Morgan fingerprint density at radius 3 is 2.96 bits per heavy atom. The normalized spacial score (nSPS) is 20.1. The van der Waals surface area contributed by atoms with Crippen LogP contribution in [-0.2, 0) is 20.8 Å². The van der Waals surface area contributed by atoms with Crippen molar-refractivity contribution in [3.63, 3.8) is 0 Å². The maximum Gasteiger partial charge on any atom is 0.273 e. The Morgan fingerprint density at radius 1 is 1.41 bits per heavy atom. The number of carbonyl (C=O) groups excluding carboxylic acids is 2. The molecule has 150 valence electrons. The van der Waals surface area contributed by atoms with E-state index in [0.717, 1.165) is 6.54 Å². The fourth-order valence-corrected chi connectivity index (χ4v) is 2.83. The van der Waals surface area contributed by atoms with E-state index in [-0.39, 0.29) is 24.8 Å². The molecule has 0 aromatic carbocycles. The van der Waals surface area contributed by atoms with Crippen LogP contribution < -0.4 is 5.32 Å². The van der Waals surface area contributed by atoms with Gasteiger partial charge in [0.2, 0.25) is 5.91 Å². The van der Waals surface area contributed by atoms with Crippen molar-refractivity contribution in [2.45, 2.75) is 31.9 Å². The zero-order chi connectivity index (χ0) is 19.2. The minimum absolute atomic E-state index is 0.162. The maximum atomic E-state index is 12.2. The minimum atomic E-state index is -2.62. The maximum absolute atomic E-state index is 12.2. The second kappa shape index (κ2) is 9.18. The smallest absolute Gasteiger partial charge is 0.273 e. The van der Waals surface area contributed by atoms with Gasteiger partial charge in [0.15, 0.2) is 5.69 Å². The molecular weight excluding hydrogens is 364 g/mol. The van der Waals surface area contributed by atoms with Crippen LogP contribution in [0.1, 0.15) is 23.3 Å². The third-order valence-corrected chi connectivity index (χ3v) is 4.43. The molecule has 2 aliphatic rings. The Kier molecular flexibility index (Phi) is 6.67. The van der Waals surface area contributed by atoms with Crippen LogP contribution in [0.5, 0.6) is 0 Å². The van der Waals surface area contributed by atoms with Crippen LogP contribution in [0.25, 0.3) is 0 Å². The molecule has 9 nitrogen and oxygen atoms in total. The third-order valence-electron chi connectivity index (χ3n) is 4.43. The summed E-state index contributed by atoms with van der Waals surface area (Å²) in [4.78, 5) is 25.9. The Labute approximate surface area is 155 Å². The first-order chi connectivity index (χ1) is 13.0. The molecule has 3 rings (SSSR count). The number of hydrogen-bond donors (Lipinski definition) is 1. The van der Waals surface area contributed by atoms with Gasteiger partial charge in [0.1, 0.15) is 13.2 Å². The molecule has 1 saturated carbocycles. The van der Waals surface area contributed by atoms with Crippen molar-refractivity contribution < 1.29 is 27.8 Å². The number of nitrogens with one attached hydrogen (secondary N) is 1. The third kappa shape index (κ3) is 5.93. The zero-order valence-electron chi connectivity index (χ0n) is 14.9. The van der Waals surface area contributed by atoms with Crippen LogP contribution in [-0.4, -0.2) is 83.7 Å². The number of nitrogens with zero attached hydrogens (tertiary/aromatic N) is 4. The Balaban J connectivity index is 1.47. The zero-order valence-corrected chi connectivity index (χ0v) is 14.9. The fourth-order valence-electron chi connectivity index (χ4n) is 2.83. The minimum Gasteiger partial charge on any atom is -0.377 e. The van der Waals surface area contributed by atoms with Crippen molar-refractivity contribution in [1.29, 1.82) is 0 Å². The number of alkyl halides is 2. The first-order valence-electron chi connectivity index (χ1n) is 8.94. The molecule has 1 unspecified atom stereocenters. The number of hydrogen-bond acceptors (Lipinski definition) is 6. The molecule has 1 aliphatic carbocycles. The van der Waals surface area contributed by atoms with Crippen molar-refractivity contribution >= 4 is 11.8 Å². The molecule has 2 fully saturated rings. The van der Waals surface area contributed by atoms with Gasteiger partial charge >= 0.3 is 0 Å². The van der Waals surface area contributed by atoms with Crippen molar-refractivity contribution in [1.82, 2.24) is 25.2 Å². The van der Waals surface area contributed by atoms with Crippen LogP contribution in [0.15, 0.2) is 6.20 Å². The highest BCUT2D eigenvalue weighted by Gasteiger charge is 2.28. The molecular formula is C16H23F2N5O4. The predicted octanol–water partition coefficient (Wildman–Crippen LogP) is -0.0730. The predicted molar refractivity (Wildman–Crippen MR) is 88.2 cm³/mol. The fraction of sp³-hybridized carbons (Fsp3) is 0.750. The van der Waals surface area contributed by atoms with E-state index in [2.05, 4.69) is 15.6 Å². The highest BCUT2D eigenvalue weighted by molar-refractivity contribution is 5.91. The standard InChI is InChI=1S/C16H23F2N5O4/c17-14(18)9-27-10-15(24)23-3-4-26-8-12(23)5-19-16(25)13-7-22(21-20-13)6-11-1-2-11/h7,11-12,14H,1-6,8-10H2,(H,19,25). The lowest BCUT2D eigenvalue weighted by Crippen LogP contribution is -2.54. The number of halogens is 2. The van der Waals surface area contributed by atoms with Crippen molar-refractivity contribution in [2.24, 2.45) is 5.92 Å². The van der Waals surface area contributed by atoms with Gasteiger partial charge in [-0.05, 0) is 18.8 Å². The summed E-state index contributed by atoms with van der Waals surface area (Å²) in [5, 5.41) is 10.5. The first-order valence-corrected chi connectivity index (χ1v) is 8.94. The number of rotatable bonds is 9. The SMILES string of the molecule is O=C(NCC1COCCN1C(=O)COCC(F)F)c1cn(CC2CC2)nn1. The van der Waals surface area contributed by atoms with Gasteiger partial charge in [0.05, 0.1) is 25.5 Å². The Hall–Kier alpha value is -2.14. The van der Waals surface area contributed by atoms with E-state index in [0.29, 0.717) is 19.1 Å². The summed E-state index contributed by atoms with van der Waals surface area (Å²) in [5.41, 5.74) is 0.213. The summed E-state index contributed by atoms with van der Waals surface area (Å²) in [6, 6.07) is -0.396. The van der Waals surface area contributed by atoms with E-state index >= 15 is 0 Å². The first kappa shape index (κ1) is 19.6. The number of morpholine rings is 1. The molecule has 1 saturated heterocycles. The highest BCUT2D eigenvalue weighted by Crippen LogP contribution is 2.30. The summed E-state index contributed by atoms with van der Waals surface area (Å²) in [5.74, 6) is -0.175. The van der Waals surface area contributed by atoms with E-state index in [9.17, 15) is 18.4 Å². The lowest BCUT2D eigenvalue weighted by atomic mass is 10.2. The van der Waals surface area contributed by atoms with E-state index in [1.54, 1.807) is 10.9 Å². The average Bonchev–Trinajstić information content (AvgIpc) is 3.34. The monoisotopic (exact) mass is 387 g/mol. The molecule has 1 aromatic rings. The lowest BCUT2D eigenvalue weighted by Gasteiger charge is -2.35. The summed E-state index contributed by atoms with van der Waals surface area (Å²) in [6.07, 6.45) is 1.33. The lowest BCUT2D eigenvalue weighted by molar-refractivity contribution is -0.145. The second-order valence-corrected chi connectivity index (χ2v) is 6.70. The molecule has 0 spiro atoms. The second-order valence-electron chi connectivity index (χ2n) is 6.70. The van der Waals surface area contributed by atoms with Gasteiger partial charge in [0.25, 0.3) is 12.3 Å². The largest absolute Gasteiger partial charge is 0.377 e. The number of amides is 2. The molecule has 1 aliphatic heterocycles. The molecule has 1 aromatic heterocycles. The number of carbonyl (C=O) groups is 2. The van der Waals surface area contributed by atoms with E-state index < -0.39 is 31.6 Å². The van der Waals surface area contributed by atoms with Crippen LogP contribution in [0.3, 0.4) is 0 Å².